The Hall–Kier alpha value is -1.55. The van der Waals surface area contributed by atoms with Crippen molar-refractivity contribution in [1.29, 1.82) is 0 Å². The number of aryl methyl sites for hydroxylation is 2. The van der Waals surface area contributed by atoms with Gasteiger partial charge in [-0.2, -0.15) is 0 Å². The lowest BCUT2D eigenvalue weighted by Crippen LogP contribution is -2.43. The van der Waals surface area contributed by atoms with Crippen LogP contribution in [-0.2, 0) is 4.79 Å². The number of amides is 1. The Balaban J connectivity index is 2.41. The summed E-state index contributed by atoms with van der Waals surface area (Å²) < 4.78 is 5.69. The minimum Gasteiger partial charge on any atom is -0.492 e. The molecular weight excluding hydrogens is 252 g/mol. The molecule has 0 saturated carbocycles. The van der Waals surface area contributed by atoms with Crippen LogP contribution in [-0.4, -0.2) is 37.0 Å². The van der Waals surface area contributed by atoms with Crippen molar-refractivity contribution >= 4 is 5.91 Å². The standard InChI is InChI=1S/C16H26N2O2/c1-5-6-15(17)16(19)18(4)7-8-20-14-10-12(2)9-13(3)11-14/h9-11,15H,5-8,17H2,1-4H3. The number of nitrogens with zero attached hydrogens (tertiary/aromatic N) is 1. The van der Waals surface area contributed by atoms with Crippen molar-refractivity contribution < 1.29 is 9.53 Å². The number of ether oxygens (including phenoxy) is 1. The molecule has 0 heterocycles. The van der Waals surface area contributed by atoms with E-state index in [9.17, 15) is 4.79 Å². The highest BCUT2D eigenvalue weighted by Crippen LogP contribution is 2.16. The van der Waals surface area contributed by atoms with Crippen LogP contribution < -0.4 is 10.5 Å². The maximum atomic E-state index is 11.9. The molecule has 0 bridgehead atoms. The fourth-order valence-electron chi connectivity index (χ4n) is 2.14. The molecule has 4 nitrogen and oxygen atoms in total. The molecule has 1 amide bonds. The third-order valence-electron chi connectivity index (χ3n) is 3.18. The lowest BCUT2D eigenvalue weighted by molar-refractivity contribution is -0.131. The molecule has 0 aliphatic rings. The Morgan fingerprint density at radius 2 is 1.90 bits per heavy atom. The normalized spacial score (nSPS) is 12.1. The van der Waals surface area contributed by atoms with Crippen LogP contribution >= 0.6 is 0 Å². The summed E-state index contributed by atoms with van der Waals surface area (Å²) in [5.74, 6) is 0.831. The lowest BCUT2D eigenvalue weighted by atomic mass is 10.1. The first-order chi connectivity index (χ1) is 9.43. The highest BCUT2D eigenvalue weighted by molar-refractivity contribution is 5.81. The Bertz CT molecular complexity index is 426. The quantitative estimate of drug-likeness (QED) is 0.832. The number of carbonyl (C=O) groups is 1. The predicted molar refractivity (Wildman–Crippen MR) is 81.9 cm³/mol. The highest BCUT2D eigenvalue weighted by Gasteiger charge is 2.16. The zero-order chi connectivity index (χ0) is 15.1. The van der Waals surface area contributed by atoms with Crippen molar-refractivity contribution in [1.82, 2.24) is 4.90 Å². The third-order valence-corrected chi connectivity index (χ3v) is 3.18. The summed E-state index contributed by atoms with van der Waals surface area (Å²) in [7, 11) is 1.77. The number of hydrogen-bond acceptors (Lipinski definition) is 3. The SMILES string of the molecule is CCCC(N)C(=O)N(C)CCOc1cc(C)cc(C)c1. The second-order valence-electron chi connectivity index (χ2n) is 5.33. The molecule has 0 fully saturated rings. The molecule has 0 saturated heterocycles. The van der Waals surface area contributed by atoms with Crippen LogP contribution in [0.4, 0.5) is 0 Å². The number of likely N-dealkylation sites (N-methyl/N-ethyl adjacent to an activating group) is 1. The van der Waals surface area contributed by atoms with E-state index in [-0.39, 0.29) is 5.91 Å². The van der Waals surface area contributed by atoms with Crippen molar-refractivity contribution in [3.63, 3.8) is 0 Å². The highest BCUT2D eigenvalue weighted by atomic mass is 16.5. The Morgan fingerprint density at radius 1 is 1.30 bits per heavy atom. The van der Waals surface area contributed by atoms with Crippen molar-refractivity contribution in [2.45, 2.75) is 39.7 Å². The molecule has 0 radical (unpaired) electrons. The smallest absolute Gasteiger partial charge is 0.239 e. The van der Waals surface area contributed by atoms with Crippen LogP contribution in [0.2, 0.25) is 0 Å². The van der Waals surface area contributed by atoms with Crippen molar-refractivity contribution in [2.75, 3.05) is 20.2 Å². The Labute approximate surface area is 121 Å². The maximum absolute atomic E-state index is 11.9. The van der Waals surface area contributed by atoms with E-state index in [1.54, 1.807) is 11.9 Å². The zero-order valence-corrected chi connectivity index (χ0v) is 13.0. The molecule has 0 aliphatic carbocycles. The molecule has 0 aliphatic heterocycles. The summed E-state index contributed by atoms with van der Waals surface area (Å²) in [6.45, 7) is 7.13. The average molecular weight is 278 g/mol. The third kappa shape index (κ3) is 5.21. The summed E-state index contributed by atoms with van der Waals surface area (Å²) >= 11 is 0. The fourth-order valence-corrected chi connectivity index (χ4v) is 2.14. The summed E-state index contributed by atoms with van der Waals surface area (Å²) in [5.41, 5.74) is 8.17. The molecule has 1 rings (SSSR count). The fraction of sp³-hybridized carbons (Fsp3) is 0.562. The van der Waals surface area contributed by atoms with Gasteiger partial charge in [-0.3, -0.25) is 4.79 Å². The largest absolute Gasteiger partial charge is 0.492 e. The molecule has 1 unspecified atom stereocenters. The van der Waals surface area contributed by atoms with Gasteiger partial charge in [0.05, 0.1) is 12.6 Å². The van der Waals surface area contributed by atoms with E-state index in [2.05, 4.69) is 6.07 Å². The molecule has 4 heteroatoms. The minimum atomic E-state index is -0.397. The summed E-state index contributed by atoms with van der Waals surface area (Å²) in [6, 6.07) is 5.70. The monoisotopic (exact) mass is 278 g/mol. The molecule has 1 aromatic carbocycles. The second kappa shape index (κ2) is 7.90. The van der Waals surface area contributed by atoms with Crippen LogP contribution in [0.25, 0.3) is 0 Å². The van der Waals surface area contributed by atoms with E-state index in [1.165, 1.54) is 11.1 Å². The van der Waals surface area contributed by atoms with Gasteiger partial charge in [0, 0.05) is 7.05 Å². The first-order valence-corrected chi connectivity index (χ1v) is 7.15. The molecule has 112 valence electrons. The topological polar surface area (TPSA) is 55.6 Å². The average Bonchev–Trinajstić information content (AvgIpc) is 2.36. The maximum Gasteiger partial charge on any atom is 0.239 e. The van der Waals surface area contributed by atoms with Crippen LogP contribution in [0.15, 0.2) is 18.2 Å². The van der Waals surface area contributed by atoms with Crippen molar-refractivity contribution in [2.24, 2.45) is 5.73 Å². The van der Waals surface area contributed by atoms with Gasteiger partial charge >= 0.3 is 0 Å². The summed E-state index contributed by atoms with van der Waals surface area (Å²) in [4.78, 5) is 13.6. The second-order valence-corrected chi connectivity index (χ2v) is 5.33. The predicted octanol–water partition coefficient (Wildman–Crippen LogP) is 2.27. The number of benzene rings is 1. The van der Waals surface area contributed by atoms with Gasteiger partial charge in [-0.1, -0.05) is 19.4 Å². The van der Waals surface area contributed by atoms with E-state index >= 15 is 0 Å². The molecule has 20 heavy (non-hydrogen) atoms. The van der Waals surface area contributed by atoms with E-state index in [1.807, 2.05) is 32.9 Å². The van der Waals surface area contributed by atoms with E-state index in [0.29, 0.717) is 13.2 Å². The van der Waals surface area contributed by atoms with Gasteiger partial charge in [0.25, 0.3) is 0 Å². The molecule has 0 aromatic heterocycles. The van der Waals surface area contributed by atoms with E-state index in [4.69, 9.17) is 10.5 Å². The van der Waals surface area contributed by atoms with Crippen LogP contribution in [0.1, 0.15) is 30.9 Å². The van der Waals surface area contributed by atoms with Gasteiger partial charge in [0.15, 0.2) is 0 Å². The first-order valence-electron chi connectivity index (χ1n) is 7.15. The number of hydrogen-bond donors (Lipinski definition) is 1. The Morgan fingerprint density at radius 3 is 2.45 bits per heavy atom. The van der Waals surface area contributed by atoms with Gasteiger partial charge in [-0.25, -0.2) is 0 Å². The number of carbonyl (C=O) groups excluding carboxylic acids is 1. The van der Waals surface area contributed by atoms with Crippen LogP contribution in [0, 0.1) is 13.8 Å². The summed E-state index contributed by atoms with van der Waals surface area (Å²) in [6.07, 6.45) is 1.64. The van der Waals surface area contributed by atoms with Gasteiger partial charge in [0.2, 0.25) is 5.91 Å². The van der Waals surface area contributed by atoms with E-state index < -0.39 is 6.04 Å². The lowest BCUT2D eigenvalue weighted by Gasteiger charge is -2.21. The zero-order valence-electron chi connectivity index (χ0n) is 13.0. The van der Waals surface area contributed by atoms with Crippen LogP contribution in [0.3, 0.4) is 0 Å². The van der Waals surface area contributed by atoms with Crippen molar-refractivity contribution in [3.8, 4) is 5.75 Å². The van der Waals surface area contributed by atoms with E-state index in [0.717, 1.165) is 18.6 Å². The molecular formula is C16H26N2O2. The van der Waals surface area contributed by atoms with Gasteiger partial charge in [0.1, 0.15) is 12.4 Å². The minimum absolute atomic E-state index is 0.0177. The molecule has 2 N–H and O–H groups in total. The molecule has 0 spiro atoms. The van der Waals surface area contributed by atoms with Gasteiger partial charge < -0.3 is 15.4 Å². The Kier molecular flexibility index (Phi) is 6.52. The summed E-state index contributed by atoms with van der Waals surface area (Å²) in [5, 5.41) is 0. The van der Waals surface area contributed by atoms with Gasteiger partial charge in [-0.05, 0) is 43.5 Å². The number of rotatable bonds is 7. The number of nitrogens with two attached hydrogens (primary N) is 1. The van der Waals surface area contributed by atoms with Crippen LogP contribution in [0.5, 0.6) is 5.75 Å². The van der Waals surface area contributed by atoms with Crippen molar-refractivity contribution in [3.05, 3.63) is 29.3 Å². The first kappa shape index (κ1) is 16.5. The molecule has 1 aromatic rings. The van der Waals surface area contributed by atoms with Gasteiger partial charge in [-0.15, -0.1) is 0 Å². The molecule has 1 atom stereocenters.